The first-order valence-electron chi connectivity index (χ1n) is 15.2. The molecule has 2 aromatic rings. The van der Waals surface area contributed by atoms with Crippen LogP contribution in [0.3, 0.4) is 0 Å². The number of rotatable bonds is 19. The minimum absolute atomic E-state index is 0.140. The summed E-state index contributed by atoms with van der Waals surface area (Å²) < 4.78 is 34.2. The van der Waals surface area contributed by atoms with Gasteiger partial charge in [0.05, 0.1) is 17.8 Å². The Morgan fingerprint density at radius 2 is 1.68 bits per heavy atom. The van der Waals surface area contributed by atoms with Gasteiger partial charge in [-0.2, -0.15) is 0 Å². The van der Waals surface area contributed by atoms with E-state index >= 15 is 0 Å². The van der Waals surface area contributed by atoms with Gasteiger partial charge in [-0.15, -0.1) is 11.8 Å². The summed E-state index contributed by atoms with van der Waals surface area (Å²) in [5.74, 6) is 1.58. The highest BCUT2D eigenvalue weighted by Crippen LogP contribution is 2.34. The van der Waals surface area contributed by atoms with E-state index in [0.717, 1.165) is 35.6 Å². The first-order chi connectivity index (χ1) is 19.9. The lowest BCUT2D eigenvalue weighted by Crippen LogP contribution is -2.41. The lowest BCUT2D eigenvalue weighted by Gasteiger charge is -2.29. The Kier molecular flexibility index (Phi) is 14.2. The number of para-hydroxylation sites is 2. The van der Waals surface area contributed by atoms with Gasteiger partial charge in [-0.05, 0) is 49.4 Å². The number of nitrogens with one attached hydrogen (secondary N) is 1. The van der Waals surface area contributed by atoms with Crippen LogP contribution in [-0.2, 0) is 19.6 Å². The van der Waals surface area contributed by atoms with Crippen LogP contribution in [0.2, 0.25) is 0 Å². The third-order valence-corrected chi connectivity index (χ3v) is 10.4. The molecule has 226 valence electrons. The number of amides is 1. The average molecular weight is 602 g/mol. The van der Waals surface area contributed by atoms with E-state index < -0.39 is 10.0 Å². The van der Waals surface area contributed by atoms with Crippen molar-refractivity contribution >= 4 is 44.9 Å². The number of thioether (sulfide) groups is 1. The van der Waals surface area contributed by atoms with Gasteiger partial charge in [0, 0.05) is 30.4 Å². The fourth-order valence-corrected chi connectivity index (χ4v) is 7.66. The fraction of sp³-hybridized carbons (Fsp3) is 0.562. The predicted octanol–water partition coefficient (Wildman–Crippen LogP) is 8.05. The maximum atomic E-state index is 13.6. The molecule has 1 unspecified atom stereocenters. The molecule has 0 aliphatic carbocycles. The topological polar surface area (TPSA) is 88.1 Å². The summed E-state index contributed by atoms with van der Waals surface area (Å²) in [6.07, 6.45) is 9.66. The van der Waals surface area contributed by atoms with E-state index in [2.05, 4.69) is 31.1 Å². The first kappa shape index (κ1) is 33.1. The lowest BCUT2D eigenvalue weighted by atomic mass is 10.0. The molecule has 3 rings (SSSR count). The summed E-state index contributed by atoms with van der Waals surface area (Å²) in [7, 11) is -3.83. The molecule has 0 aromatic heterocycles. The van der Waals surface area contributed by atoms with Crippen molar-refractivity contribution in [3.05, 3.63) is 48.5 Å². The van der Waals surface area contributed by atoms with Crippen molar-refractivity contribution in [1.82, 2.24) is 4.31 Å². The SMILES string of the molecule is CCCCCCOCCCN1C(CC(=O)Nc2ccccc2SCC(CC)CCCC)=Nc2ccccc2S1(=O)=O. The van der Waals surface area contributed by atoms with Crippen molar-refractivity contribution in [2.45, 2.75) is 94.8 Å². The van der Waals surface area contributed by atoms with E-state index in [0.29, 0.717) is 31.2 Å². The predicted molar refractivity (Wildman–Crippen MR) is 171 cm³/mol. The Bertz CT molecular complexity index is 1230. The summed E-state index contributed by atoms with van der Waals surface area (Å²) >= 11 is 1.77. The molecule has 2 aromatic carbocycles. The van der Waals surface area contributed by atoms with Crippen LogP contribution in [0.4, 0.5) is 11.4 Å². The highest BCUT2D eigenvalue weighted by atomic mass is 32.2. The number of sulfonamides is 1. The summed E-state index contributed by atoms with van der Waals surface area (Å²) in [6, 6.07) is 14.5. The number of unbranched alkanes of at least 4 members (excludes halogenated alkanes) is 4. The Hall–Kier alpha value is -2.36. The molecule has 0 saturated heterocycles. The van der Waals surface area contributed by atoms with Crippen LogP contribution in [0.5, 0.6) is 0 Å². The molecule has 0 radical (unpaired) electrons. The van der Waals surface area contributed by atoms with Gasteiger partial charge < -0.3 is 10.1 Å². The monoisotopic (exact) mass is 601 g/mol. The van der Waals surface area contributed by atoms with Crippen molar-refractivity contribution < 1.29 is 17.9 Å². The van der Waals surface area contributed by atoms with Crippen LogP contribution in [0.15, 0.2) is 63.3 Å². The normalized spacial score (nSPS) is 14.8. The smallest absolute Gasteiger partial charge is 0.267 e. The first-order valence-corrected chi connectivity index (χ1v) is 17.6. The molecular formula is C32H47N3O4S2. The third-order valence-electron chi connectivity index (χ3n) is 7.26. The Labute approximate surface area is 251 Å². The van der Waals surface area contributed by atoms with Gasteiger partial charge in [0.2, 0.25) is 5.91 Å². The molecule has 1 atom stereocenters. The molecule has 0 fully saturated rings. The third kappa shape index (κ3) is 10.1. The number of ether oxygens (including phenoxy) is 1. The molecule has 1 amide bonds. The van der Waals surface area contributed by atoms with Crippen molar-refractivity contribution in [2.24, 2.45) is 10.9 Å². The second-order valence-corrected chi connectivity index (χ2v) is 13.4. The van der Waals surface area contributed by atoms with Gasteiger partial charge in [0.25, 0.3) is 10.0 Å². The number of hydrogen-bond acceptors (Lipinski definition) is 6. The van der Waals surface area contributed by atoms with E-state index in [-0.39, 0.29) is 29.6 Å². The maximum Gasteiger partial charge on any atom is 0.267 e. The van der Waals surface area contributed by atoms with Gasteiger partial charge in [0.15, 0.2) is 0 Å². The van der Waals surface area contributed by atoms with E-state index in [4.69, 9.17) is 4.74 Å². The van der Waals surface area contributed by atoms with Crippen LogP contribution in [-0.4, -0.2) is 50.0 Å². The number of hydrogen-bond donors (Lipinski definition) is 1. The highest BCUT2D eigenvalue weighted by Gasteiger charge is 2.34. The standard InChI is InChI=1S/C32H47N3O4S2/c1-4-7-9-14-22-39-23-15-21-35-31(33-28-18-11-13-20-30(28)41(35,37)38)24-32(36)34-27-17-10-12-19-29(27)40-25-26(6-3)16-8-5-2/h10-13,17-20,26H,4-9,14-16,21-25H2,1-3H3,(H,34,36). The minimum Gasteiger partial charge on any atom is -0.381 e. The quantitative estimate of drug-likeness (QED) is 0.130. The van der Waals surface area contributed by atoms with Gasteiger partial charge in [-0.25, -0.2) is 13.4 Å². The molecule has 9 heteroatoms. The number of anilines is 1. The number of amidine groups is 1. The average Bonchev–Trinajstić information content (AvgIpc) is 2.96. The summed E-state index contributed by atoms with van der Waals surface area (Å²) in [4.78, 5) is 19.1. The van der Waals surface area contributed by atoms with Crippen molar-refractivity contribution in [3.63, 3.8) is 0 Å². The molecule has 1 aliphatic heterocycles. The van der Waals surface area contributed by atoms with Gasteiger partial charge in [0.1, 0.15) is 10.7 Å². The fourth-order valence-electron chi connectivity index (χ4n) is 4.78. The number of aliphatic imine (C=N–C) groups is 1. The Morgan fingerprint density at radius 3 is 2.46 bits per heavy atom. The largest absolute Gasteiger partial charge is 0.381 e. The summed E-state index contributed by atoms with van der Waals surface area (Å²) in [5, 5.41) is 3.03. The van der Waals surface area contributed by atoms with Crippen LogP contribution in [0.25, 0.3) is 0 Å². The van der Waals surface area contributed by atoms with Gasteiger partial charge in [-0.3, -0.25) is 9.10 Å². The Morgan fingerprint density at radius 1 is 0.951 bits per heavy atom. The number of carbonyl (C=O) groups is 1. The number of nitrogens with zero attached hydrogens (tertiary/aromatic N) is 2. The van der Waals surface area contributed by atoms with Crippen LogP contribution in [0, 0.1) is 5.92 Å². The van der Waals surface area contributed by atoms with Crippen molar-refractivity contribution in [2.75, 3.05) is 30.8 Å². The van der Waals surface area contributed by atoms with E-state index in [1.807, 2.05) is 24.3 Å². The van der Waals surface area contributed by atoms with Crippen molar-refractivity contribution in [3.8, 4) is 0 Å². The highest BCUT2D eigenvalue weighted by molar-refractivity contribution is 7.99. The number of carbonyl (C=O) groups excluding carboxylic acids is 1. The van der Waals surface area contributed by atoms with E-state index in [1.165, 1.54) is 36.4 Å². The number of benzene rings is 2. The maximum absolute atomic E-state index is 13.6. The lowest BCUT2D eigenvalue weighted by molar-refractivity contribution is -0.115. The van der Waals surface area contributed by atoms with E-state index in [9.17, 15) is 13.2 Å². The molecular weight excluding hydrogens is 555 g/mol. The molecule has 0 saturated carbocycles. The summed E-state index contributed by atoms with van der Waals surface area (Å²) in [5.41, 5.74) is 1.11. The van der Waals surface area contributed by atoms with Gasteiger partial charge in [-0.1, -0.05) is 83.6 Å². The number of fused-ring (bicyclic) bond motifs is 1. The van der Waals surface area contributed by atoms with E-state index in [1.54, 1.807) is 36.0 Å². The molecule has 41 heavy (non-hydrogen) atoms. The molecule has 0 spiro atoms. The molecule has 0 bridgehead atoms. The summed E-state index contributed by atoms with van der Waals surface area (Å²) in [6.45, 7) is 7.97. The Balaban J connectivity index is 1.68. The zero-order valence-electron chi connectivity index (χ0n) is 24.9. The molecule has 1 aliphatic rings. The minimum atomic E-state index is -3.83. The zero-order chi connectivity index (χ0) is 29.5. The molecule has 1 N–H and O–H groups in total. The van der Waals surface area contributed by atoms with Crippen LogP contribution in [0.1, 0.15) is 85.0 Å². The second-order valence-electron chi connectivity index (χ2n) is 10.5. The van der Waals surface area contributed by atoms with Crippen LogP contribution < -0.4 is 5.32 Å². The van der Waals surface area contributed by atoms with Crippen molar-refractivity contribution in [1.29, 1.82) is 0 Å². The van der Waals surface area contributed by atoms with Gasteiger partial charge >= 0.3 is 0 Å². The molecule has 1 heterocycles. The second kappa shape index (κ2) is 17.6. The molecule has 7 nitrogen and oxygen atoms in total. The van der Waals surface area contributed by atoms with Crippen LogP contribution >= 0.6 is 11.8 Å². The zero-order valence-corrected chi connectivity index (χ0v) is 26.6.